The Morgan fingerprint density at radius 2 is 2.07 bits per heavy atom. The normalized spacial score (nSPS) is 9.07. The summed E-state index contributed by atoms with van der Waals surface area (Å²) in [7, 11) is 0. The molecule has 0 atom stereocenters. The Labute approximate surface area is 86.1 Å². The Balaban J connectivity index is 0. The first-order valence-corrected chi connectivity index (χ1v) is 4.67. The van der Waals surface area contributed by atoms with E-state index in [1.165, 1.54) is 13.3 Å². The second-order valence-electron chi connectivity index (χ2n) is 2.78. The van der Waals surface area contributed by atoms with E-state index in [1.54, 1.807) is 6.26 Å². The summed E-state index contributed by atoms with van der Waals surface area (Å²) in [6, 6.07) is 0. The Morgan fingerprint density at radius 1 is 1.57 bits per heavy atom. The number of carbonyl (C=O) groups is 1. The van der Waals surface area contributed by atoms with Gasteiger partial charge in [0.2, 0.25) is 0 Å². The molecule has 0 spiro atoms. The van der Waals surface area contributed by atoms with Gasteiger partial charge in [0.25, 0.3) is 0 Å². The largest absolute Gasteiger partial charge is 0.502 e. The molecule has 0 aliphatic heterocycles. The number of rotatable bonds is 5. The van der Waals surface area contributed by atoms with Gasteiger partial charge in [0, 0.05) is 5.57 Å². The van der Waals surface area contributed by atoms with E-state index in [1.807, 2.05) is 13.0 Å². The molecular weight excluding hydrogens is 180 g/mol. The topological polar surface area (TPSA) is 46.5 Å². The SMILES string of the molecule is C=C(C)C(=O)O.CC=COCCCC. The molecule has 0 aliphatic rings. The van der Waals surface area contributed by atoms with Crippen molar-refractivity contribution in [3.63, 3.8) is 0 Å². The van der Waals surface area contributed by atoms with Crippen LogP contribution in [0.1, 0.15) is 33.6 Å². The van der Waals surface area contributed by atoms with Crippen LogP contribution in [-0.2, 0) is 9.53 Å². The zero-order chi connectivity index (χ0) is 11.4. The van der Waals surface area contributed by atoms with Crippen LogP contribution in [0, 0.1) is 0 Å². The van der Waals surface area contributed by atoms with Crippen molar-refractivity contribution in [2.75, 3.05) is 6.61 Å². The van der Waals surface area contributed by atoms with Crippen molar-refractivity contribution in [2.45, 2.75) is 33.6 Å². The highest BCUT2D eigenvalue weighted by Crippen LogP contribution is 1.87. The lowest BCUT2D eigenvalue weighted by Gasteiger charge is -1.94. The lowest BCUT2D eigenvalue weighted by atomic mass is 10.4. The van der Waals surface area contributed by atoms with Crippen molar-refractivity contribution in [1.29, 1.82) is 0 Å². The van der Waals surface area contributed by atoms with E-state index in [4.69, 9.17) is 9.84 Å². The second-order valence-corrected chi connectivity index (χ2v) is 2.78. The fourth-order valence-corrected chi connectivity index (χ4v) is 0.392. The molecule has 0 amide bonds. The minimum atomic E-state index is -0.935. The summed E-state index contributed by atoms with van der Waals surface area (Å²) in [5.41, 5.74) is 0.176. The highest BCUT2D eigenvalue weighted by atomic mass is 16.5. The summed E-state index contributed by atoms with van der Waals surface area (Å²) in [6.07, 6.45) is 5.99. The van der Waals surface area contributed by atoms with Gasteiger partial charge in [0.15, 0.2) is 0 Å². The van der Waals surface area contributed by atoms with E-state index in [9.17, 15) is 4.79 Å². The average molecular weight is 200 g/mol. The Hall–Kier alpha value is -1.25. The van der Waals surface area contributed by atoms with Gasteiger partial charge < -0.3 is 9.84 Å². The molecule has 0 heterocycles. The first-order chi connectivity index (χ1) is 6.56. The Morgan fingerprint density at radius 3 is 2.36 bits per heavy atom. The zero-order valence-electron chi connectivity index (χ0n) is 9.25. The molecule has 3 heteroatoms. The molecule has 0 saturated carbocycles. The predicted octanol–water partition coefficient (Wildman–Crippen LogP) is 2.98. The number of hydrogen-bond acceptors (Lipinski definition) is 2. The third-order valence-corrected chi connectivity index (χ3v) is 1.21. The van der Waals surface area contributed by atoms with E-state index >= 15 is 0 Å². The van der Waals surface area contributed by atoms with Crippen molar-refractivity contribution in [3.8, 4) is 0 Å². The minimum absolute atomic E-state index is 0.176. The molecule has 0 aromatic rings. The molecule has 0 unspecified atom stereocenters. The van der Waals surface area contributed by atoms with E-state index in [0.29, 0.717) is 0 Å². The van der Waals surface area contributed by atoms with Crippen LogP contribution in [0.15, 0.2) is 24.5 Å². The predicted molar refractivity (Wildman–Crippen MR) is 58.1 cm³/mol. The maximum Gasteiger partial charge on any atom is 0.330 e. The standard InChI is InChI=1S/C7H14O.C4H6O2/c1-3-5-7-8-6-4-2;1-3(2)4(5)6/h4,6H,3,5,7H2,1-2H3;1H2,2H3,(H,5,6). The molecule has 0 fully saturated rings. The Kier molecular flexibility index (Phi) is 12.8. The van der Waals surface area contributed by atoms with E-state index in [2.05, 4.69) is 13.5 Å². The van der Waals surface area contributed by atoms with Gasteiger partial charge in [-0.05, 0) is 20.3 Å². The molecule has 0 saturated heterocycles. The molecule has 0 bridgehead atoms. The fourth-order valence-electron chi connectivity index (χ4n) is 0.392. The number of unbranched alkanes of at least 4 members (excludes halogenated alkanes) is 1. The second kappa shape index (κ2) is 11.8. The minimum Gasteiger partial charge on any atom is -0.502 e. The molecule has 82 valence electrons. The molecule has 0 radical (unpaired) electrons. The Bertz CT molecular complexity index is 171. The van der Waals surface area contributed by atoms with E-state index in [-0.39, 0.29) is 5.57 Å². The van der Waals surface area contributed by atoms with Gasteiger partial charge in [-0.1, -0.05) is 26.0 Å². The van der Waals surface area contributed by atoms with Crippen LogP contribution in [0.2, 0.25) is 0 Å². The summed E-state index contributed by atoms with van der Waals surface area (Å²) in [5.74, 6) is -0.935. The van der Waals surface area contributed by atoms with Crippen molar-refractivity contribution in [1.82, 2.24) is 0 Å². The third kappa shape index (κ3) is 17.0. The summed E-state index contributed by atoms with van der Waals surface area (Å²) in [4.78, 5) is 9.60. The molecule has 14 heavy (non-hydrogen) atoms. The number of carboxylic acids is 1. The van der Waals surface area contributed by atoms with E-state index in [0.717, 1.165) is 13.0 Å². The van der Waals surface area contributed by atoms with Crippen LogP contribution in [0.5, 0.6) is 0 Å². The van der Waals surface area contributed by atoms with Gasteiger partial charge in [-0.25, -0.2) is 4.79 Å². The van der Waals surface area contributed by atoms with Crippen LogP contribution >= 0.6 is 0 Å². The maximum absolute atomic E-state index is 9.60. The molecule has 3 nitrogen and oxygen atoms in total. The van der Waals surface area contributed by atoms with E-state index < -0.39 is 5.97 Å². The van der Waals surface area contributed by atoms with Gasteiger partial charge in [0.05, 0.1) is 12.9 Å². The monoisotopic (exact) mass is 200 g/mol. The maximum atomic E-state index is 9.60. The van der Waals surface area contributed by atoms with Gasteiger partial charge in [-0.2, -0.15) is 0 Å². The molecule has 0 aromatic heterocycles. The molecule has 0 rings (SSSR count). The van der Waals surface area contributed by atoms with Crippen molar-refractivity contribution < 1.29 is 14.6 Å². The lowest BCUT2D eigenvalue weighted by molar-refractivity contribution is -0.132. The summed E-state index contributed by atoms with van der Waals surface area (Å²) in [5, 5.41) is 7.89. The van der Waals surface area contributed by atoms with Crippen molar-refractivity contribution in [3.05, 3.63) is 24.5 Å². The van der Waals surface area contributed by atoms with Gasteiger partial charge in [-0.15, -0.1) is 0 Å². The van der Waals surface area contributed by atoms with Gasteiger partial charge in [-0.3, -0.25) is 0 Å². The number of allylic oxidation sites excluding steroid dienone is 1. The zero-order valence-corrected chi connectivity index (χ0v) is 9.25. The highest BCUT2D eigenvalue weighted by molar-refractivity contribution is 5.84. The molecular formula is C11H20O3. The van der Waals surface area contributed by atoms with Crippen molar-refractivity contribution >= 4 is 5.97 Å². The van der Waals surface area contributed by atoms with Crippen LogP contribution in [0.3, 0.4) is 0 Å². The first kappa shape index (κ1) is 15.2. The van der Waals surface area contributed by atoms with Gasteiger partial charge in [0.1, 0.15) is 0 Å². The number of ether oxygens (including phenoxy) is 1. The molecule has 1 N–H and O–H groups in total. The summed E-state index contributed by atoms with van der Waals surface area (Å²) >= 11 is 0. The fraction of sp³-hybridized carbons (Fsp3) is 0.545. The quantitative estimate of drug-likeness (QED) is 0.421. The number of carboxylic acid groups (broad SMARTS) is 1. The molecule has 0 aliphatic carbocycles. The van der Waals surface area contributed by atoms with Crippen LogP contribution in [0.25, 0.3) is 0 Å². The number of hydrogen-bond donors (Lipinski definition) is 1. The molecule has 0 aromatic carbocycles. The van der Waals surface area contributed by atoms with Gasteiger partial charge >= 0.3 is 5.97 Å². The van der Waals surface area contributed by atoms with Crippen LogP contribution in [-0.4, -0.2) is 17.7 Å². The lowest BCUT2D eigenvalue weighted by Crippen LogP contribution is -1.92. The summed E-state index contributed by atoms with van der Waals surface area (Å²) < 4.78 is 5.04. The average Bonchev–Trinajstić information content (AvgIpc) is 2.13. The third-order valence-electron chi connectivity index (χ3n) is 1.21. The number of aliphatic carboxylic acids is 1. The highest BCUT2D eigenvalue weighted by Gasteiger charge is 1.90. The van der Waals surface area contributed by atoms with Crippen molar-refractivity contribution in [2.24, 2.45) is 0 Å². The van der Waals surface area contributed by atoms with Crippen LogP contribution in [0.4, 0.5) is 0 Å². The first-order valence-electron chi connectivity index (χ1n) is 4.67. The smallest absolute Gasteiger partial charge is 0.330 e. The van der Waals surface area contributed by atoms with Crippen LogP contribution < -0.4 is 0 Å². The summed E-state index contributed by atoms with van der Waals surface area (Å²) in [6.45, 7) is 9.57.